The first-order valence-electron chi connectivity index (χ1n) is 4.07. The van der Waals surface area contributed by atoms with Crippen molar-refractivity contribution >= 4 is 11.9 Å². The largest absolute Gasteiger partial charge is 0.491 e. The van der Waals surface area contributed by atoms with Gasteiger partial charge in [-0.3, -0.25) is 0 Å². The van der Waals surface area contributed by atoms with Gasteiger partial charge in [0, 0.05) is 0 Å². The van der Waals surface area contributed by atoms with Crippen LogP contribution in [0, 0.1) is 0 Å². The van der Waals surface area contributed by atoms with Crippen LogP contribution in [0.5, 0.6) is 0 Å². The van der Waals surface area contributed by atoms with Gasteiger partial charge < -0.3 is 16.2 Å². The lowest BCUT2D eigenvalue weighted by molar-refractivity contribution is -0.202. The lowest BCUT2D eigenvalue weighted by Crippen LogP contribution is -2.37. The van der Waals surface area contributed by atoms with E-state index >= 15 is 0 Å². The van der Waals surface area contributed by atoms with Crippen LogP contribution in [0.4, 0.5) is 13.2 Å². The van der Waals surface area contributed by atoms with Crippen molar-refractivity contribution in [2.45, 2.75) is 25.1 Å². The number of carbonyl (C=O) groups is 2. The van der Waals surface area contributed by atoms with Crippen LogP contribution in [0.2, 0.25) is 0 Å². The van der Waals surface area contributed by atoms with Gasteiger partial charge >= 0.3 is 18.1 Å². The Labute approximate surface area is 83.5 Å². The summed E-state index contributed by atoms with van der Waals surface area (Å²) in [5.41, 5.74) is 10.2. The Morgan fingerprint density at radius 1 is 1.33 bits per heavy atom. The molecule has 0 aromatic heterocycles. The average Bonchev–Trinajstić information content (AvgIpc) is 2.12. The number of halogens is 3. The van der Waals surface area contributed by atoms with Gasteiger partial charge in [-0.05, 0) is 19.4 Å². The smallest absolute Gasteiger partial charge is 0.385 e. The van der Waals surface area contributed by atoms with Crippen LogP contribution in [0.25, 0.3) is 0 Å². The summed E-state index contributed by atoms with van der Waals surface area (Å²) in [6.07, 6.45) is -4.76. The number of rotatable bonds is 4. The first kappa shape index (κ1) is 13.8. The normalized spacial score (nSPS) is 13.4. The Hall–Kier alpha value is -1.15. The summed E-state index contributed by atoms with van der Waals surface area (Å²) >= 11 is 0. The Kier molecular flexibility index (Phi) is 5.23. The number of hydrogen-bond acceptors (Lipinski definition) is 5. The zero-order chi connectivity index (χ0) is 12.1. The van der Waals surface area contributed by atoms with Crippen molar-refractivity contribution in [2.75, 3.05) is 6.54 Å². The Bertz CT molecular complexity index is 242. The number of hydrogen-bond donors (Lipinski definition) is 2. The van der Waals surface area contributed by atoms with Gasteiger partial charge in [0.15, 0.2) is 0 Å². The fourth-order valence-electron chi connectivity index (χ4n) is 0.681. The predicted octanol–water partition coefficient (Wildman–Crippen LogP) is -0.315. The van der Waals surface area contributed by atoms with E-state index in [1.807, 2.05) is 0 Å². The number of carbonyl (C=O) groups excluding carboxylic acids is 2. The molecule has 0 aliphatic heterocycles. The van der Waals surface area contributed by atoms with Gasteiger partial charge in [0.25, 0.3) is 0 Å². The van der Waals surface area contributed by atoms with Crippen molar-refractivity contribution in [3.05, 3.63) is 0 Å². The molecular weight excluding hydrogens is 217 g/mol. The summed E-state index contributed by atoms with van der Waals surface area (Å²) in [5.74, 6) is -3.96. The van der Waals surface area contributed by atoms with Gasteiger partial charge in [-0.15, -0.1) is 0 Å². The number of ether oxygens (including phenoxy) is 1. The molecule has 0 aromatic rings. The second kappa shape index (κ2) is 5.66. The van der Waals surface area contributed by atoms with Crippen molar-refractivity contribution in [3.8, 4) is 0 Å². The third-order valence-corrected chi connectivity index (χ3v) is 1.45. The molecule has 8 heteroatoms. The molecular formula is C7H11F3N2O3. The summed E-state index contributed by atoms with van der Waals surface area (Å²) in [7, 11) is 0. The van der Waals surface area contributed by atoms with Crippen LogP contribution in [0.15, 0.2) is 0 Å². The van der Waals surface area contributed by atoms with Crippen molar-refractivity contribution in [1.29, 1.82) is 0 Å². The monoisotopic (exact) mass is 228 g/mol. The molecule has 0 aliphatic carbocycles. The minimum atomic E-state index is -5.19. The maximum atomic E-state index is 11.6. The van der Waals surface area contributed by atoms with Crippen LogP contribution in [-0.2, 0) is 14.3 Å². The molecule has 5 nitrogen and oxygen atoms in total. The maximum absolute atomic E-state index is 11.6. The Morgan fingerprint density at radius 2 is 1.87 bits per heavy atom. The highest BCUT2D eigenvalue weighted by molar-refractivity contribution is 5.90. The second-order valence-corrected chi connectivity index (χ2v) is 2.74. The standard InChI is InChI=1S/C7H11F3N2O3/c8-7(9,10)6(14)15-5(13)4(12)2-1-3-11/h4H,1-3,11-12H2/t4-/m1/s1. The maximum Gasteiger partial charge on any atom is 0.491 e. The number of nitrogens with two attached hydrogens (primary N) is 2. The van der Waals surface area contributed by atoms with Gasteiger partial charge in [-0.2, -0.15) is 13.2 Å². The second-order valence-electron chi connectivity index (χ2n) is 2.74. The topological polar surface area (TPSA) is 95.4 Å². The molecule has 0 fully saturated rings. The van der Waals surface area contributed by atoms with E-state index in [9.17, 15) is 22.8 Å². The summed E-state index contributed by atoms with van der Waals surface area (Å²) in [6.45, 7) is 0.244. The fraction of sp³-hybridized carbons (Fsp3) is 0.714. The third kappa shape index (κ3) is 5.33. The van der Waals surface area contributed by atoms with Crippen LogP contribution in [0.3, 0.4) is 0 Å². The molecule has 0 unspecified atom stereocenters. The molecule has 0 spiro atoms. The van der Waals surface area contributed by atoms with Gasteiger partial charge in [0.1, 0.15) is 6.04 Å². The highest BCUT2D eigenvalue weighted by Gasteiger charge is 2.42. The molecule has 0 aliphatic rings. The molecule has 0 rings (SSSR count). The molecule has 0 amide bonds. The van der Waals surface area contributed by atoms with E-state index in [0.29, 0.717) is 6.42 Å². The zero-order valence-corrected chi connectivity index (χ0v) is 7.71. The van der Waals surface area contributed by atoms with E-state index in [-0.39, 0.29) is 13.0 Å². The van der Waals surface area contributed by atoms with E-state index in [1.165, 1.54) is 0 Å². The van der Waals surface area contributed by atoms with Crippen LogP contribution < -0.4 is 11.5 Å². The van der Waals surface area contributed by atoms with E-state index in [0.717, 1.165) is 0 Å². The first-order valence-corrected chi connectivity index (χ1v) is 4.07. The molecule has 1 atom stereocenters. The van der Waals surface area contributed by atoms with Crippen molar-refractivity contribution in [3.63, 3.8) is 0 Å². The lowest BCUT2D eigenvalue weighted by Gasteiger charge is -2.10. The molecule has 4 N–H and O–H groups in total. The van der Waals surface area contributed by atoms with Gasteiger partial charge in [0.05, 0.1) is 0 Å². The highest BCUT2D eigenvalue weighted by atomic mass is 19.4. The quantitative estimate of drug-likeness (QED) is 0.508. The van der Waals surface area contributed by atoms with Crippen molar-refractivity contribution in [2.24, 2.45) is 11.5 Å². The summed E-state index contributed by atoms with van der Waals surface area (Å²) in [4.78, 5) is 21.0. The highest BCUT2D eigenvalue weighted by Crippen LogP contribution is 2.16. The van der Waals surface area contributed by atoms with E-state index in [2.05, 4.69) is 4.74 Å². The minimum absolute atomic E-state index is 0.0699. The number of esters is 2. The molecule has 15 heavy (non-hydrogen) atoms. The summed E-state index contributed by atoms with van der Waals surface area (Å²) in [6, 6.07) is -1.26. The SMILES string of the molecule is NCCC[C@@H](N)C(=O)OC(=O)C(F)(F)F. The first-order chi connectivity index (χ1) is 6.79. The number of alkyl halides is 3. The lowest BCUT2D eigenvalue weighted by atomic mass is 10.2. The Morgan fingerprint density at radius 3 is 2.27 bits per heavy atom. The van der Waals surface area contributed by atoms with Crippen molar-refractivity contribution in [1.82, 2.24) is 0 Å². The fourth-order valence-corrected chi connectivity index (χ4v) is 0.681. The van der Waals surface area contributed by atoms with Gasteiger partial charge in [-0.1, -0.05) is 0 Å². The molecule has 88 valence electrons. The molecule has 0 aromatic carbocycles. The molecule has 0 saturated carbocycles. The van der Waals surface area contributed by atoms with Crippen LogP contribution >= 0.6 is 0 Å². The predicted molar refractivity (Wildman–Crippen MR) is 43.4 cm³/mol. The van der Waals surface area contributed by atoms with Gasteiger partial charge in [0.2, 0.25) is 0 Å². The van der Waals surface area contributed by atoms with E-state index in [1.54, 1.807) is 0 Å². The summed E-state index contributed by atoms with van der Waals surface area (Å²) in [5, 5.41) is 0. The zero-order valence-electron chi connectivity index (χ0n) is 7.71. The average molecular weight is 228 g/mol. The molecule has 0 radical (unpaired) electrons. The van der Waals surface area contributed by atoms with Crippen LogP contribution in [0.1, 0.15) is 12.8 Å². The molecule has 0 heterocycles. The molecule has 0 saturated heterocycles. The van der Waals surface area contributed by atoms with E-state index < -0.39 is 24.2 Å². The summed E-state index contributed by atoms with van der Waals surface area (Å²) < 4.78 is 38.4. The molecule has 0 bridgehead atoms. The van der Waals surface area contributed by atoms with Gasteiger partial charge in [-0.25, -0.2) is 9.59 Å². The minimum Gasteiger partial charge on any atom is -0.385 e. The Balaban J connectivity index is 4.08. The third-order valence-electron chi connectivity index (χ3n) is 1.45. The van der Waals surface area contributed by atoms with Crippen molar-refractivity contribution < 1.29 is 27.5 Å². The van der Waals surface area contributed by atoms with E-state index in [4.69, 9.17) is 11.5 Å². The van der Waals surface area contributed by atoms with Crippen LogP contribution in [-0.4, -0.2) is 30.7 Å².